The fourth-order valence-electron chi connectivity index (χ4n) is 3.55. The second-order valence-corrected chi connectivity index (χ2v) is 7.38. The number of hydrogen-bond acceptors (Lipinski definition) is 3. The minimum atomic E-state index is 0.0849. The van der Waals surface area contributed by atoms with Crippen LogP contribution in [0.1, 0.15) is 38.5 Å². The maximum absolute atomic E-state index is 12.1. The Balaban J connectivity index is 1.42. The van der Waals surface area contributed by atoms with Gasteiger partial charge in [-0.3, -0.25) is 4.79 Å². The normalized spacial score (nSPS) is 15.2. The molecule has 0 bridgehead atoms. The fraction of sp³-hybridized carbons (Fsp3) is 0.368. The third-order valence-electron chi connectivity index (χ3n) is 4.87. The molecule has 0 unspecified atom stereocenters. The van der Waals surface area contributed by atoms with E-state index in [0.717, 1.165) is 34.5 Å². The van der Waals surface area contributed by atoms with Gasteiger partial charge in [-0.15, -0.1) is 11.3 Å². The molecule has 0 atom stereocenters. The molecule has 0 spiro atoms. The summed E-state index contributed by atoms with van der Waals surface area (Å²) in [5, 5.41) is 6.80. The van der Waals surface area contributed by atoms with Crippen molar-refractivity contribution in [1.82, 2.24) is 9.97 Å². The number of para-hydroxylation sites is 1. The number of benzene rings is 1. The van der Waals surface area contributed by atoms with E-state index in [1.165, 1.54) is 37.0 Å². The quantitative estimate of drug-likeness (QED) is 0.671. The van der Waals surface area contributed by atoms with Gasteiger partial charge in [0.25, 0.3) is 0 Å². The van der Waals surface area contributed by atoms with Crippen molar-refractivity contribution in [1.29, 1.82) is 0 Å². The Kier molecular flexibility index (Phi) is 4.34. The molecule has 1 amide bonds. The van der Waals surface area contributed by atoms with E-state index in [1.807, 2.05) is 23.7 Å². The molecule has 1 fully saturated rings. The second kappa shape index (κ2) is 6.77. The summed E-state index contributed by atoms with van der Waals surface area (Å²) >= 11 is 1.49. The van der Waals surface area contributed by atoms with Gasteiger partial charge >= 0.3 is 0 Å². The number of amides is 1. The number of H-pyrrole nitrogens is 1. The van der Waals surface area contributed by atoms with Crippen LogP contribution < -0.4 is 5.32 Å². The van der Waals surface area contributed by atoms with Crippen LogP contribution in [-0.4, -0.2) is 15.9 Å². The highest BCUT2D eigenvalue weighted by molar-refractivity contribution is 7.14. The molecule has 5 heteroatoms. The number of anilines is 1. The zero-order valence-corrected chi connectivity index (χ0v) is 14.4. The van der Waals surface area contributed by atoms with Crippen molar-refractivity contribution in [3.63, 3.8) is 0 Å². The van der Waals surface area contributed by atoms with Crippen molar-refractivity contribution in [3.05, 3.63) is 35.8 Å². The molecule has 2 N–H and O–H groups in total. The molecule has 1 aliphatic rings. The number of carbonyl (C=O) groups excluding carboxylic acids is 1. The molecule has 124 valence electrons. The van der Waals surface area contributed by atoms with Crippen LogP contribution in [0.2, 0.25) is 0 Å². The van der Waals surface area contributed by atoms with Crippen molar-refractivity contribution in [2.75, 3.05) is 5.32 Å². The predicted octanol–water partition coefficient (Wildman–Crippen LogP) is 5.20. The highest BCUT2D eigenvalue weighted by atomic mass is 32.1. The fourth-order valence-corrected chi connectivity index (χ4v) is 4.28. The third-order valence-corrected chi connectivity index (χ3v) is 5.63. The SMILES string of the molecule is O=C(CCC1CCCC1)Nc1nc(-c2c[nH]c3ccccc23)cs1. The lowest BCUT2D eigenvalue weighted by atomic mass is 10.0. The van der Waals surface area contributed by atoms with Gasteiger partial charge in [0.15, 0.2) is 5.13 Å². The number of carbonyl (C=O) groups is 1. The number of rotatable bonds is 5. The van der Waals surface area contributed by atoms with Crippen molar-refractivity contribution in [2.24, 2.45) is 5.92 Å². The van der Waals surface area contributed by atoms with Crippen LogP contribution in [0, 0.1) is 5.92 Å². The molecular weight excluding hydrogens is 318 g/mol. The molecule has 1 aliphatic carbocycles. The van der Waals surface area contributed by atoms with Crippen molar-refractivity contribution >= 4 is 33.3 Å². The van der Waals surface area contributed by atoms with Gasteiger partial charge in [-0.2, -0.15) is 0 Å². The zero-order valence-electron chi connectivity index (χ0n) is 13.5. The summed E-state index contributed by atoms with van der Waals surface area (Å²) in [6.45, 7) is 0. The van der Waals surface area contributed by atoms with E-state index in [2.05, 4.69) is 27.4 Å². The van der Waals surface area contributed by atoms with Crippen LogP contribution in [0.4, 0.5) is 5.13 Å². The molecule has 1 saturated carbocycles. The molecular formula is C19H21N3OS. The maximum Gasteiger partial charge on any atom is 0.226 e. The van der Waals surface area contributed by atoms with E-state index in [1.54, 1.807) is 0 Å². The molecule has 3 aromatic rings. The van der Waals surface area contributed by atoms with Crippen LogP contribution in [0.3, 0.4) is 0 Å². The number of nitrogens with one attached hydrogen (secondary N) is 2. The number of aromatic nitrogens is 2. The molecule has 1 aromatic carbocycles. The summed E-state index contributed by atoms with van der Waals surface area (Å²) < 4.78 is 0. The summed E-state index contributed by atoms with van der Waals surface area (Å²) in [5.41, 5.74) is 3.08. The molecule has 4 rings (SSSR count). The molecule has 2 heterocycles. The van der Waals surface area contributed by atoms with Crippen molar-refractivity contribution in [3.8, 4) is 11.3 Å². The first kappa shape index (κ1) is 15.4. The lowest BCUT2D eigenvalue weighted by Crippen LogP contribution is -2.12. The van der Waals surface area contributed by atoms with Gasteiger partial charge in [0.05, 0.1) is 5.69 Å². The van der Waals surface area contributed by atoms with E-state index in [9.17, 15) is 4.79 Å². The van der Waals surface area contributed by atoms with Gasteiger partial charge in [0.2, 0.25) is 5.91 Å². The minimum Gasteiger partial charge on any atom is -0.360 e. The molecule has 24 heavy (non-hydrogen) atoms. The first-order valence-corrected chi connectivity index (χ1v) is 9.49. The highest BCUT2D eigenvalue weighted by Gasteiger charge is 2.17. The van der Waals surface area contributed by atoms with E-state index < -0.39 is 0 Å². The summed E-state index contributed by atoms with van der Waals surface area (Å²) in [5.74, 6) is 0.829. The van der Waals surface area contributed by atoms with Gasteiger partial charge in [0.1, 0.15) is 0 Å². The smallest absolute Gasteiger partial charge is 0.226 e. The molecule has 2 aromatic heterocycles. The van der Waals surface area contributed by atoms with E-state index in [4.69, 9.17) is 0 Å². The molecule has 4 nitrogen and oxygen atoms in total. The first-order valence-electron chi connectivity index (χ1n) is 8.61. The van der Waals surface area contributed by atoms with Crippen molar-refractivity contribution in [2.45, 2.75) is 38.5 Å². The third kappa shape index (κ3) is 3.22. The van der Waals surface area contributed by atoms with Crippen LogP contribution in [-0.2, 0) is 4.79 Å². The number of aromatic amines is 1. The second-order valence-electron chi connectivity index (χ2n) is 6.52. The largest absolute Gasteiger partial charge is 0.360 e. The number of fused-ring (bicyclic) bond motifs is 1. The molecule has 0 radical (unpaired) electrons. The minimum absolute atomic E-state index is 0.0849. The lowest BCUT2D eigenvalue weighted by molar-refractivity contribution is -0.116. The van der Waals surface area contributed by atoms with Crippen LogP contribution in [0.25, 0.3) is 22.2 Å². The topological polar surface area (TPSA) is 57.8 Å². The Morgan fingerprint density at radius 1 is 1.29 bits per heavy atom. The first-order chi connectivity index (χ1) is 11.8. The summed E-state index contributed by atoms with van der Waals surface area (Å²) in [6, 6.07) is 8.18. The van der Waals surface area contributed by atoms with Gasteiger partial charge in [-0.1, -0.05) is 43.9 Å². The summed E-state index contributed by atoms with van der Waals surface area (Å²) in [4.78, 5) is 20.0. The van der Waals surface area contributed by atoms with E-state index in [-0.39, 0.29) is 5.91 Å². The number of nitrogens with zero attached hydrogens (tertiary/aromatic N) is 1. The standard InChI is InChI=1S/C19H21N3OS/c23-18(10-9-13-5-1-2-6-13)22-19-21-17(12-24-19)15-11-20-16-8-4-3-7-14(15)16/h3-4,7-8,11-13,20H,1-2,5-6,9-10H2,(H,21,22,23). The van der Waals surface area contributed by atoms with Crippen LogP contribution in [0.5, 0.6) is 0 Å². The monoisotopic (exact) mass is 339 g/mol. The predicted molar refractivity (Wildman–Crippen MR) is 99.2 cm³/mol. The Bertz CT molecular complexity index is 845. The Morgan fingerprint density at radius 3 is 3.00 bits per heavy atom. The van der Waals surface area contributed by atoms with Gasteiger partial charge in [-0.05, 0) is 18.4 Å². The lowest BCUT2D eigenvalue weighted by Gasteiger charge is -2.07. The Labute approximate surface area is 145 Å². The molecule has 0 saturated heterocycles. The Morgan fingerprint density at radius 2 is 2.12 bits per heavy atom. The highest BCUT2D eigenvalue weighted by Crippen LogP contribution is 2.31. The maximum atomic E-state index is 12.1. The number of hydrogen-bond donors (Lipinski definition) is 2. The average molecular weight is 339 g/mol. The van der Waals surface area contributed by atoms with Gasteiger partial charge < -0.3 is 10.3 Å². The van der Waals surface area contributed by atoms with Gasteiger partial charge in [-0.25, -0.2) is 4.98 Å². The summed E-state index contributed by atoms with van der Waals surface area (Å²) in [7, 11) is 0. The van der Waals surface area contributed by atoms with E-state index in [0.29, 0.717) is 11.6 Å². The van der Waals surface area contributed by atoms with Crippen LogP contribution >= 0.6 is 11.3 Å². The number of thiazole rings is 1. The molecule has 0 aliphatic heterocycles. The summed E-state index contributed by atoms with van der Waals surface area (Å²) in [6.07, 6.45) is 8.81. The van der Waals surface area contributed by atoms with Crippen LogP contribution in [0.15, 0.2) is 35.8 Å². The Hall–Kier alpha value is -2.14. The van der Waals surface area contributed by atoms with Gasteiger partial charge in [0, 0.05) is 34.5 Å². The average Bonchev–Trinajstić information content (AvgIpc) is 3.33. The van der Waals surface area contributed by atoms with E-state index >= 15 is 0 Å². The van der Waals surface area contributed by atoms with Crippen molar-refractivity contribution < 1.29 is 4.79 Å². The zero-order chi connectivity index (χ0) is 16.4.